The molecule has 2 aromatic rings. The van der Waals surface area contributed by atoms with Crippen LogP contribution in [0.15, 0.2) is 23.8 Å². The van der Waals surface area contributed by atoms with E-state index in [1.165, 1.54) is 5.56 Å². The molecule has 1 saturated heterocycles. The van der Waals surface area contributed by atoms with E-state index < -0.39 is 0 Å². The summed E-state index contributed by atoms with van der Waals surface area (Å²) < 4.78 is 12.4. The maximum atomic E-state index is 6.21. The Hall–Kier alpha value is -1.63. The third kappa shape index (κ3) is 3.01. The number of hydrogen-bond donors (Lipinski definition) is 2. The number of nitrogens with one attached hydrogen (secondary N) is 2. The second kappa shape index (κ2) is 6.03. The highest BCUT2D eigenvalue weighted by Crippen LogP contribution is 2.38. The van der Waals surface area contributed by atoms with Crippen molar-refractivity contribution in [2.24, 2.45) is 0 Å². The van der Waals surface area contributed by atoms with E-state index in [2.05, 4.69) is 68.3 Å². The zero-order valence-electron chi connectivity index (χ0n) is 15.4. The molecule has 0 amide bonds. The third-order valence-corrected chi connectivity index (χ3v) is 5.10. The molecule has 0 aliphatic carbocycles. The number of aromatic nitrogens is 2. The molecule has 0 bridgehead atoms. The highest BCUT2D eigenvalue weighted by Gasteiger charge is 2.52. The van der Waals surface area contributed by atoms with E-state index in [4.69, 9.17) is 9.31 Å². The van der Waals surface area contributed by atoms with Crippen LogP contribution in [0.5, 0.6) is 0 Å². The summed E-state index contributed by atoms with van der Waals surface area (Å²) in [5, 5.41) is 11.4. The number of hydrogen-bond acceptors (Lipinski definition) is 4. The van der Waals surface area contributed by atoms with Gasteiger partial charge in [0.05, 0.1) is 22.9 Å². The normalized spacial score (nSPS) is 20.1. The van der Waals surface area contributed by atoms with Gasteiger partial charge >= 0.3 is 7.12 Å². The van der Waals surface area contributed by atoms with Crippen molar-refractivity contribution < 1.29 is 9.31 Å². The van der Waals surface area contributed by atoms with Crippen molar-refractivity contribution in [3.8, 4) is 0 Å². The highest BCUT2D eigenvalue weighted by atomic mass is 16.7. The smallest absolute Gasteiger partial charge is 0.400 e. The summed E-state index contributed by atoms with van der Waals surface area (Å²) in [6.45, 7) is 11.1. The zero-order valence-corrected chi connectivity index (χ0v) is 15.4. The fraction of sp³-hybridized carbons (Fsp3) is 0.500. The molecular formula is C18H26BN3O2. The van der Waals surface area contributed by atoms with E-state index in [0.29, 0.717) is 6.54 Å². The first-order valence-corrected chi connectivity index (χ1v) is 8.38. The van der Waals surface area contributed by atoms with Gasteiger partial charge in [0, 0.05) is 11.9 Å². The molecule has 24 heavy (non-hydrogen) atoms. The van der Waals surface area contributed by atoms with Crippen molar-refractivity contribution in [2.45, 2.75) is 45.8 Å². The number of aryl methyl sites for hydroxylation is 1. The standard InChI is InChI=1S/C18H26BN3O2/c1-12-7-16-14(10-21-22-16)8-13(12)9-15(11-20-6)19-23-17(2,3)18(4,5)24-19/h7-10,20H,11H2,1-6H3,(H,21,22). The number of nitrogens with zero attached hydrogens (tertiary/aromatic N) is 1. The summed E-state index contributed by atoms with van der Waals surface area (Å²) in [6.07, 6.45) is 4.01. The predicted octanol–water partition coefficient (Wildman–Crippen LogP) is 3.11. The molecule has 2 N–H and O–H groups in total. The van der Waals surface area contributed by atoms with Crippen molar-refractivity contribution in [1.29, 1.82) is 0 Å². The van der Waals surface area contributed by atoms with Crippen LogP contribution < -0.4 is 5.32 Å². The second-order valence-electron chi connectivity index (χ2n) is 7.50. The van der Waals surface area contributed by atoms with Crippen LogP contribution in [0.4, 0.5) is 0 Å². The van der Waals surface area contributed by atoms with Gasteiger partial charge in [0.25, 0.3) is 0 Å². The lowest BCUT2D eigenvalue weighted by Crippen LogP contribution is -2.41. The molecule has 0 unspecified atom stereocenters. The molecule has 0 spiro atoms. The summed E-state index contributed by atoms with van der Waals surface area (Å²) in [4.78, 5) is 0. The first-order chi connectivity index (χ1) is 11.2. The third-order valence-electron chi connectivity index (χ3n) is 5.10. The van der Waals surface area contributed by atoms with Gasteiger partial charge in [-0.1, -0.05) is 6.08 Å². The van der Waals surface area contributed by atoms with Crippen LogP contribution in [-0.4, -0.2) is 42.1 Å². The summed E-state index contributed by atoms with van der Waals surface area (Å²) in [7, 11) is 1.59. The SMILES string of the molecule is CNCC(=Cc1cc2cn[nH]c2cc1C)B1OC(C)(C)C(C)(C)O1. The lowest BCUT2D eigenvalue weighted by atomic mass is 9.76. The Kier molecular flexibility index (Phi) is 4.32. The van der Waals surface area contributed by atoms with E-state index in [1.54, 1.807) is 0 Å². The van der Waals surface area contributed by atoms with Crippen molar-refractivity contribution in [1.82, 2.24) is 15.5 Å². The molecule has 3 rings (SSSR count). The van der Waals surface area contributed by atoms with Gasteiger partial charge < -0.3 is 14.6 Å². The molecule has 5 nitrogen and oxygen atoms in total. The molecule has 0 radical (unpaired) electrons. The highest BCUT2D eigenvalue weighted by molar-refractivity contribution is 6.56. The van der Waals surface area contributed by atoms with Crippen molar-refractivity contribution >= 4 is 24.1 Å². The molecule has 0 saturated carbocycles. The molecule has 1 aromatic heterocycles. The van der Waals surface area contributed by atoms with E-state index in [1.807, 2.05) is 13.2 Å². The van der Waals surface area contributed by atoms with Gasteiger partial charge in [-0.2, -0.15) is 5.10 Å². The lowest BCUT2D eigenvalue weighted by molar-refractivity contribution is 0.00578. The number of aromatic amines is 1. The zero-order chi connectivity index (χ0) is 17.5. The first kappa shape index (κ1) is 17.2. The van der Waals surface area contributed by atoms with Crippen LogP contribution in [0.2, 0.25) is 0 Å². The Morgan fingerprint density at radius 1 is 1.25 bits per heavy atom. The predicted molar refractivity (Wildman–Crippen MR) is 98.8 cm³/mol. The summed E-state index contributed by atoms with van der Waals surface area (Å²) in [5.41, 5.74) is 3.81. The molecular weight excluding hydrogens is 301 g/mol. The first-order valence-electron chi connectivity index (χ1n) is 8.38. The van der Waals surface area contributed by atoms with E-state index in [0.717, 1.165) is 21.9 Å². The maximum absolute atomic E-state index is 6.21. The quantitative estimate of drug-likeness (QED) is 0.847. The van der Waals surface area contributed by atoms with Gasteiger partial charge in [-0.3, -0.25) is 5.10 Å². The maximum Gasteiger partial charge on any atom is 0.491 e. The van der Waals surface area contributed by atoms with Crippen molar-refractivity contribution in [2.75, 3.05) is 13.6 Å². The lowest BCUT2D eigenvalue weighted by Gasteiger charge is -2.32. The van der Waals surface area contributed by atoms with Crippen molar-refractivity contribution in [3.05, 3.63) is 34.9 Å². The summed E-state index contributed by atoms with van der Waals surface area (Å²) in [5.74, 6) is 0. The fourth-order valence-electron chi connectivity index (χ4n) is 2.87. The number of H-pyrrole nitrogens is 1. The molecule has 1 aliphatic rings. The van der Waals surface area contributed by atoms with Crippen LogP contribution in [0.1, 0.15) is 38.8 Å². The van der Waals surface area contributed by atoms with Crippen LogP contribution >= 0.6 is 0 Å². The summed E-state index contributed by atoms with van der Waals surface area (Å²) in [6, 6.07) is 4.27. The molecule has 1 fully saturated rings. The van der Waals surface area contributed by atoms with Crippen LogP contribution in [0.25, 0.3) is 17.0 Å². The Balaban J connectivity index is 1.98. The molecule has 1 aromatic carbocycles. The van der Waals surface area contributed by atoms with Crippen LogP contribution in [-0.2, 0) is 9.31 Å². The fourth-order valence-corrected chi connectivity index (χ4v) is 2.87. The average Bonchev–Trinajstić information content (AvgIpc) is 3.00. The topological polar surface area (TPSA) is 59.2 Å². The number of rotatable bonds is 4. The molecule has 1 aliphatic heterocycles. The molecule has 128 valence electrons. The number of fused-ring (bicyclic) bond motifs is 1. The Morgan fingerprint density at radius 2 is 1.92 bits per heavy atom. The average molecular weight is 327 g/mol. The van der Waals surface area contributed by atoms with Crippen LogP contribution in [0.3, 0.4) is 0 Å². The van der Waals surface area contributed by atoms with Gasteiger partial charge in [-0.25, -0.2) is 0 Å². The minimum Gasteiger partial charge on any atom is -0.400 e. The monoisotopic (exact) mass is 327 g/mol. The molecule has 2 heterocycles. The Bertz CT molecular complexity index is 764. The minimum absolute atomic E-state index is 0.339. The van der Waals surface area contributed by atoms with E-state index in [-0.39, 0.29) is 18.3 Å². The number of benzene rings is 1. The molecule has 0 atom stereocenters. The van der Waals surface area contributed by atoms with Gasteiger partial charge in [0.15, 0.2) is 0 Å². The Morgan fingerprint density at radius 3 is 2.54 bits per heavy atom. The van der Waals surface area contributed by atoms with Gasteiger partial charge in [0.2, 0.25) is 0 Å². The second-order valence-corrected chi connectivity index (χ2v) is 7.50. The number of likely N-dealkylation sites (N-methyl/N-ethyl adjacent to an activating group) is 1. The molecule has 6 heteroatoms. The van der Waals surface area contributed by atoms with Crippen LogP contribution in [0, 0.1) is 6.92 Å². The van der Waals surface area contributed by atoms with Gasteiger partial charge in [-0.05, 0) is 70.4 Å². The van der Waals surface area contributed by atoms with Gasteiger partial charge in [-0.15, -0.1) is 0 Å². The largest absolute Gasteiger partial charge is 0.491 e. The Labute approximate surface area is 143 Å². The van der Waals surface area contributed by atoms with E-state index in [9.17, 15) is 0 Å². The summed E-state index contributed by atoms with van der Waals surface area (Å²) >= 11 is 0. The van der Waals surface area contributed by atoms with Gasteiger partial charge in [0.1, 0.15) is 0 Å². The van der Waals surface area contributed by atoms with E-state index >= 15 is 0 Å². The van der Waals surface area contributed by atoms with Crippen molar-refractivity contribution in [3.63, 3.8) is 0 Å². The minimum atomic E-state index is -0.345.